The fraction of sp³-hybridized carbons (Fsp3) is 0. The van der Waals surface area contributed by atoms with Gasteiger partial charge < -0.3 is 31.4 Å². The van der Waals surface area contributed by atoms with Crippen LogP contribution in [0.4, 0.5) is 0 Å². The Balaban J connectivity index is 0.572. The molecule has 0 unspecified atom stereocenters. The summed E-state index contributed by atoms with van der Waals surface area (Å²) >= 11 is 0. The molecule has 0 saturated heterocycles. The van der Waals surface area contributed by atoms with Gasteiger partial charge in [0.05, 0.1) is 44.2 Å². The lowest BCUT2D eigenvalue weighted by Gasteiger charge is -2.13. The number of hydrogen-bond donors (Lipinski definition) is 0. The van der Waals surface area contributed by atoms with Crippen LogP contribution in [0.1, 0.15) is 0 Å². The molecular weight excluding hydrogens is 1660 g/mol. The predicted octanol–water partition coefficient (Wildman–Crippen LogP) is 32.4. The first-order valence-corrected chi connectivity index (χ1v) is 45.5. The molecule has 0 aliphatic heterocycles. The van der Waals surface area contributed by atoms with Crippen LogP contribution in [-0.2, 0) is 0 Å². The summed E-state index contributed by atoms with van der Waals surface area (Å²) in [6.45, 7) is 0. The molecule has 0 radical (unpaired) electrons. The molecule has 0 fully saturated rings. The van der Waals surface area contributed by atoms with Crippen molar-refractivity contribution in [3.8, 4) is 96.5 Å². The van der Waals surface area contributed by atoms with Gasteiger partial charge in [-0.2, -0.15) is 0 Å². The highest BCUT2D eigenvalue weighted by atomic mass is 16.3. The molecule has 0 atom stereocenters. The van der Waals surface area contributed by atoms with Gasteiger partial charge in [-0.3, -0.25) is 0 Å². The van der Waals surface area contributed by atoms with Gasteiger partial charge in [0.2, 0.25) is 0 Å². The second kappa shape index (κ2) is 28.0. The van der Waals surface area contributed by atoms with Crippen molar-refractivity contribution in [2.45, 2.75) is 0 Å². The van der Waals surface area contributed by atoms with Crippen molar-refractivity contribution in [2.75, 3.05) is 0 Å². The second-order valence-electron chi connectivity index (χ2n) is 35.6. The predicted molar refractivity (Wildman–Crippen MR) is 551 cm³/mol. The van der Waals surface area contributed by atoms with E-state index >= 15 is 0 Å². The number of rotatable bonds is 10. The van der Waals surface area contributed by atoms with Crippen LogP contribution in [-0.4, -0.2) is 43.6 Å². The van der Waals surface area contributed by atoms with Crippen LogP contribution < -0.4 is 0 Å². The van der Waals surface area contributed by atoms with Crippen LogP contribution in [0.2, 0.25) is 0 Å². The van der Waals surface area contributed by atoms with E-state index in [0.717, 1.165) is 247 Å². The molecule has 624 valence electrons. The topological polar surface area (TPSA) is 145 Å². The number of hydrogen-bond acceptors (Lipinski definition) is 10. The highest BCUT2D eigenvalue weighted by Crippen LogP contribution is 2.49. The first kappa shape index (κ1) is 73.4. The number of furan rings is 4. The van der Waals surface area contributed by atoms with Crippen LogP contribution >= 0.6 is 0 Å². The Morgan fingerprint density at radius 1 is 0.148 bits per heavy atom. The first-order chi connectivity index (χ1) is 66.8. The maximum atomic E-state index is 7.35. The molecule has 13 nitrogen and oxygen atoms in total. The van der Waals surface area contributed by atoms with Gasteiger partial charge in [-0.15, -0.1) is 0 Å². The summed E-state index contributed by atoms with van der Waals surface area (Å²) in [5.41, 5.74) is 22.1. The van der Waals surface area contributed by atoms with Crippen molar-refractivity contribution in [1.82, 2.24) is 43.6 Å². The lowest BCUT2D eigenvalue weighted by Crippen LogP contribution is -2.02. The Hall–Kier alpha value is -18.5. The van der Waals surface area contributed by atoms with Crippen molar-refractivity contribution in [3.63, 3.8) is 0 Å². The fourth-order valence-electron chi connectivity index (χ4n) is 21.7. The lowest BCUT2D eigenvalue weighted by molar-refractivity contribution is 0.669. The minimum absolute atomic E-state index is 0.451. The number of benzene rings is 21. The normalized spacial score (nSPS) is 12.3. The van der Waals surface area contributed by atoms with Gasteiger partial charge in [-0.1, -0.05) is 237 Å². The Morgan fingerprint density at radius 2 is 0.511 bits per heavy atom. The third kappa shape index (κ3) is 11.1. The van der Waals surface area contributed by atoms with Crippen molar-refractivity contribution in [1.29, 1.82) is 0 Å². The molecule has 0 spiro atoms. The summed E-state index contributed by atoms with van der Waals surface area (Å²) in [5, 5.41) is 25.5. The highest BCUT2D eigenvalue weighted by Gasteiger charge is 2.29. The SMILES string of the molecule is c1ccc(-n2c3ccccc3c3cc(-c4nc(-c5ccc6ccccc6c5)nc(-c5cc(-n6c7ccccc7c7cc8cc(-c9cccc%10c9oc9ccc(-c%11nc(-c%12ccc%13oc%14ccccc%14c%13c%12)nc(-c%12cc(-n%13c%14cc%15ccccc%15cc%14c%14cc%15ccccc%15cc%14%13)cc%13c%12oc%12ccccc%12%13)n%11)cc9%10)ccc8cc76)cc6c5oc5c7ccccc7ccc65)n4)ccc32)cc1. The molecular formula is C122H67N9O4. The largest absolute Gasteiger partial charge is 0.456 e. The lowest BCUT2D eigenvalue weighted by atomic mass is 9.98. The molecule has 0 bridgehead atoms. The van der Waals surface area contributed by atoms with Gasteiger partial charge in [-0.25, -0.2) is 29.9 Å². The van der Waals surface area contributed by atoms with E-state index in [1.54, 1.807) is 0 Å². The minimum Gasteiger partial charge on any atom is -0.456 e. The maximum absolute atomic E-state index is 7.35. The number of fused-ring (bicyclic) bond motifs is 27. The van der Waals surface area contributed by atoms with Gasteiger partial charge in [0.15, 0.2) is 34.9 Å². The summed E-state index contributed by atoms with van der Waals surface area (Å²) in [6, 6.07) is 145. The van der Waals surface area contributed by atoms with E-state index in [1.165, 1.54) is 10.8 Å². The van der Waals surface area contributed by atoms with Gasteiger partial charge in [-0.05, 0) is 224 Å². The van der Waals surface area contributed by atoms with E-state index in [9.17, 15) is 0 Å². The number of para-hydroxylation sites is 6. The first-order valence-electron chi connectivity index (χ1n) is 45.5. The third-order valence-electron chi connectivity index (χ3n) is 28.0. The molecule has 30 aromatic rings. The minimum atomic E-state index is 0.451. The highest BCUT2D eigenvalue weighted by molar-refractivity contribution is 6.22. The summed E-state index contributed by atoms with van der Waals surface area (Å²) in [6.07, 6.45) is 0. The van der Waals surface area contributed by atoms with Crippen LogP contribution in [0.3, 0.4) is 0 Å². The molecule has 13 heteroatoms. The molecule has 0 amide bonds. The van der Waals surface area contributed by atoms with Gasteiger partial charge in [0.25, 0.3) is 0 Å². The van der Waals surface area contributed by atoms with Gasteiger partial charge in [0.1, 0.15) is 44.7 Å². The maximum Gasteiger partial charge on any atom is 0.167 e. The standard InChI is InChI=1S/C122H67N9O4/c1-2-28-82(29-3-1)129-103-37-16-12-31-87(103)93-57-78(46-50-105(93)129)118-123-117(77-44-41-68-21-4-5-23-70(68)53-77)125-122(126-118)102-66-83(65-100-92-49-45-69-22-10-11-30-85(69)114(92)135-116(100)102)130-104-38-17-13-32-88(104)94-60-81-54-76(43-42-75(81)63-106(94)130)86-35-20-36-91-98-59-80(48-52-112(98)134-113(86)91)120-124-119(79-47-51-111-97(58-79)89-33-14-18-39-109(89)132-111)127-121(128-120)101-67-84(64-99-90-34-15-19-40-110(90)133-115(99)101)131-107-61-73-26-8-6-24-71(73)55-95(107)96-56-72-25-7-9-27-74(72)62-108(96)131/h1-67H. The summed E-state index contributed by atoms with van der Waals surface area (Å²) in [7, 11) is 0. The number of aromatic nitrogens is 9. The smallest absolute Gasteiger partial charge is 0.167 e. The third-order valence-corrected chi connectivity index (χ3v) is 28.0. The van der Waals surface area contributed by atoms with Crippen molar-refractivity contribution < 1.29 is 17.7 Å². The van der Waals surface area contributed by atoms with E-state index in [2.05, 4.69) is 378 Å². The zero-order valence-corrected chi connectivity index (χ0v) is 71.8. The average Bonchev–Trinajstić information content (AvgIpc) is 1.57. The second-order valence-corrected chi connectivity index (χ2v) is 35.6. The van der Waals surface area contributed by atoms with E-state index in [4.69, 9.17) is 47.6 Å². The van der Waals surface area contributed by atoms with Crippen LogP contribution in [0.25, 0.3) is 304 Å². The van der Waals surface area contributed by atoms with Crippen LogP contribution in [0.5, 0.6) is 0 Å². The van der Waals surface area contributed by atoms with E-state index in [-0.39, 0.29) is 0 Å². The molecule has 9 aromatic heterocycles. The molecule has 0 aliphatic carbocycles. The number of nitrogens with zero attached hydrogens (tertiary/aromatic N) is 9. The van der Waals surface area contributed by atoms with E-state index in [0.29, 0.717) is 46.1 Å². The van der Waals surface area contributed by atoms with Crippen molar-refractivity contribution >= 4 is 207 Å². The monoisotopic (exact) mass is 1720 g/mol. The van der Waals surface area contributed by atoms with Gasteiger partial charge in [0, 0.05) is 126 Å². The van der Waals surface area contributed by atoms with Crippen LogP contribution in [0.15, 0.2) is 424 Å². The van der Waals surface area contributed by atoms with E-state index < -0.39 is 0 Å². The quantitative estimate of drug-likeness (QED) is 0.130. The summed E-state index contributed by atoms with van der Waals surface area (Å²) in [5.74, 6) is 2.98. The van der Waals surface area contributed by atoms with Crippen molar-refractivity contribution in [3.05, 3.63) is 406 Å². The molecule has 9 heterocycles. The van der Waals surface area contributed by atoms with E-state index in [1.807, 2.05) is 42.5 Å². The fourth-order valence-corrected chi connectivity index (χ4v) is 21.7. The van der Waals surface area contributed by atoms with Crippen molar-refractivity contribution in [2.24, 2.45) is 0 Å². The molecule has 0 aliphatic rings. The summed E-state index contributed by atoms with van der Waals surface area (Å²) < 4.78 is 35.1. The van der Waals surface area contributed by atoms with Crippen LogP contribution in [0, 0.1) is 0 Å². The Morgan fingerprint density at radius 3 is 1.14 bits per heavy atom. The Bertz CT molecular complexity index is 10400. The van der Waals surface area contributed by atoms with Gasteiger partial charge >= 0.3 is 0 Å². The Kier molecular flexibility index (Phi) is 15.3. The summed E-state index contributed by atoms with van der Waals surface area (Å²) in [4.78, 5) is 33.3. The zero-order chi connectivity index (χ0) is 87.9. The molecule has 21 aromatic carbocycles. The average molecular weight is 1720 g/mol. The molecule has 0 saturated carbocycles. The molecule has 135 heavy (non-hydrogen) atoms. The Labute approximate surface area is 766 Å². The molecule has 30 rings (SSSR count). The molecule has 0 N–H and O–H groups in total. The zero-order valence-electron chi connectivity index (χ0n) is 71.8.